The first-order valence-corrected chi connectivity index (χ1v) is 6.95. The number of carboxylic acid groups (broad SMARTS) is 1. The number of ketones is 2. The van der Waals surface area contributed by atoms with E-state index >= 15 is 0 Å². The minimum absolute atomic E-state index is 0.121. The van der Waals surface area contributed by atoms with Gasteiger partial charge in [-0.3, -0.25) is 14.4 Å². The van der Waals surface area contributed by atoms with E-state index < -0.39 is 12.0 Å². The van der Waals surface area contributed by atoms with Crippen molar-refractivity contribution in [2.24, 2.45) is 5.73 Å². The average molecular weight is 312 g/mol. The van der Waals surface area contributed by atoms with Crippen LogP contribution < -0.4 is 5.73 Å². The monoisotopic (exact) mass is 312 g/mol. The molecular weight excluding hydrogens is 296 g/mol. The summed E-state index contributed by atoms with van der Waals surface area (Å²) in [5.41, 5.74) is 7.43. The summed E-state index contributed by atoms with van der Waals surface area (Å²) in [5, 5.41) is 9.75. The largest absolute Gasteiger partial charge is 0.480 e. The van der Waals surface area contributed by atoms with E-state index in [1.807, 2.05) is 30.5 Å². The van der Waals surface area contributed by atoms with E-state index in [9.17, 15) is 14.4 Å². The molecule has 1 aliphatic carbocycles. The number of para-hydroxylation sites is 1. The molecular formula is C17H16N2O4. The number of fused-ring (bicyclic) bond motifs is 1. The second kappa shape index (κ2) is 7.33. The Morgan fingerprint density at radius 2 is 1.65 bits per heavy atom. The van der Waals surface area contributed by atoms with Gasteiger partial charge in [0.2, 0.25) is 0 Å². The van der Waals surface area contributed by atoms with Gasteiger partial charge in [-0.05, 0) is 35.9 Å². The Kier molecular flexibility index (Phi) is 5.22. The topological polar surface area (TPSA) is 113 Å². The number of carboxylic acids is 1. The third kappa shape index (κ3) is 4.49. The van der Waals surface area contributed by atoms with Gasteiger partial charge < -0.3 is 15.8 Å². The van der Waals surface area contributed by atoms with Crippen molar-refractivity contribution in [2.45, 2.75) is 12.5 Å². The molecule has 0 fully saturated rings. The summed E-state index contributed by atoms with van der Waals surface area (Å²) in [6.07, 6.45) is 7.17. The summed E-state index contributed by atoms with van der Waals surface area (Å²) < 4.78 is 0. The highest BCUT2D eigenvalue weighted by atomic mass is 16.4. The van der Waals surface area contributed by atoms with Crippen molar-refractivity contribution < 1.29 is 19.5 Å². The van der Waals surface area contributed by atoms with E-state index in [0.29, 0.717) is 6.42 Å². The molecule has 3 rings (SSSR count). The van der Waals surface area contributed by atoms with Gasteiger partial charge >= 0.3 is 5.97 Å². The number of aromatic amines is 1. The molecule has 0 saturated carbocycles. The molecule has 0 unspecified atom stereocenters. The molecule has 0 radical (unpaired) electrons. The van der Waals surface area contributed by atoms with Gasteiger partial charge in [0.1, 0.15) is 6.04 Å². The number of allylic oxidation sites excluding steroid dienone is 4. The Hall–Kier alpha value is -2.99. The summed E-state index contributed by atoms with van der Waals surface area (Å²) in [5.74, 6) is -1.21. The average Bonchev–Trinajstić information content (AvgIpc) is 2.94. The highest BCUT2D eigenvalue weighted by Crippen LogP contribution is 2.18. The molecule has 0 spiro atoms. The number of H-pyrrole nitrogens is 1. The van der Waals surface area contributed by atoms with Crippen LogP contribution >= 0.6 is 0 Å². The predicted octanol–water partition coefficient (Wildman–Crippen LogP) is 1.37. The summed E-state index contributed by atoms with van der Waals surface area (Å²) in [7, 11) is 0. The van der Waals surface area contributed by atoms with Crippen molar-refractivity contribution in [1.82, 2.24) is 4.98 Å². The second-order valence-corrected chi connectivity index (χ2v) is 4.98. The van der Waals surface area contributed by atoms with Gasteiger partial charge in [0.05, 0.1) is 0 Å². The lowest BCUT2D eigenvalue weighted by molar-refractivity contribution is -0.138. The number of benzene rings is 1. The second-order valence-electron chi connectivity index (χ2n) is 4.98. The van der Waals surface area contributed by atoms with Crippen LogP contribution in [0, 0.1) is 0 Å². The first-order chi connectivity index (χ1) is 11.0. The standard InChI is InChI=1S/C11H12N2O2.C6H4O2/c12-9(11(14)15)5-7-6-13-10-4-2-1-3-8(7)10;7-5-1-2-6(8)4-3-5/h1-4,6,9,13H,5,12H2,(H,14,15);1-4H/t9-;/m0./s1. The summed E-state index contributed by atoms with van der Waals surface area (Å²) in [6.45, 7) is 0. The fraction of sp³-hybridized carbons (Fsp3) is 0.118. The minimum atomic E-state index is -0.972. The molecule has 0 saturated heterocycles. The van der Waals surface area contributed by atoms with Gasteiger partial charge in [-0.25, -0.2) is 0 Å². The number of nitrogens with one attached hydrogen (secondary N) is 1. The first kappa shape index (κ1) is 16.4. The number of carbonyl (C=O) groups excluding carboxylic acids is 2. The van der Waals surface area contributed by atoms with Crippen molar-refractivity contribution in [3.63, 3.8) is 0 Å². The van der Waals surface area contributed by atoms with E-state index in [0.717, 1.165) is 16.5 Å². The molecule has 6 heteroatoms. The lowest BCUT2D eigenvalue weighted by atomic mass is 10.1. The Morgan fingerprint density at radius 3 is 2.22 bits per heavy atom. The fourth-order valence-electron chi connectivity index (χ4n) is 2.06. The van der Waals surface area contributed by atoms with Gasteiger partial charge in [-0.2, -0.15) is 0 Å². The number of hydrogen-bond acceptors (Lipinski definition) is 4. The molecule has 0 bridgehead atoms. The molecule has 4 N–H and O–H groups in total. The Balaban J connectivity index is 0.000000203. The van der Waals surface area contributed by atoms with Crippen LogP contribution in [0.3, 0.4) is 0 Å². The molecule has 1 aliphatic rings. The van der Waals surface area contributed by atoms with Crippen LogP contribution in [0.25, 0.3) is 10.9 Å². The molecule has 118 valence electrons. The molecule has 0 aliphatic heterocycles. The minimum Gasteiger partial charge on any atom is -0.480 e. The predicted molar refractivity (Wildman–Crippen MR) is 85.9 cm³/mol. The Labute approximate surface area is 132 Å². The number of carbonyl (C=O) groups is 3. The van der Waals surface area contributed by atoms with E-state index in [2.05, 4.69) is 4.98 Å². The van der Waals surface area contributed by atoms with Crippen LogP contribution in [0.2, 0.25) is 0 Å². The summed E-state index contributed by atoms with van der Waals surface area (Å²) in [6, 6.07) is 6.91. The van der Waals surface area contributed by atoms with Crippen molar-refractivity contribution in [2.75, 3.05) is 0 Å². The SMILES string of the molecule is N[C@@H](Cc1c[nH]c2ccccc12)C(=O)O.O=C1C=CC(=O)C=C1. The highest BCUT2D eigenvalue weighted by Gasteiger charge is 2.14. The van der Waals surface area contributed by atoms with Gasteiger partial charge in [0, 0.05) is 23.5 Å². The molecule has 2 aromatic rings. The Bertz CT molecular complexity index is 764. The lowest BCUT2D eigenvalue weighted by Gasteiger charge is -2.04. The van der Waals surface area contributed by atoms with Crippen LogP contribution in [0.1, 0.15) is 5.56 Å². The third-order valence-corrected chi connectivity index (χ3v) is 3.26. The zero-order valence-corrected chi connectivity index (χ0v) is 12.2. The van der Waals surface area contributed by atoms with Gasteiger partial charge in [-0.15, -0.1) is 0 Å². The van der Waals surface area contributed by atoms with Crippen LogP contribution in [-0.2, 0) is 20.8 Å². The third-order valence-electron chi connectivity index (χ3n) is 3.26. The van der Waals surface area contributed by atoms with Crippen molar-refractivity contribution >= 4 is 28.4 Å². The van der Waals surface area contributed by atoms with Gasteiger partial charge in [-0.1, -0.05) is 18.2 Å². The summed E-state index contributed by atoms with van der Waals surface area (Å²) >= 11 is 0. The number of aromatic nitrogens is 1. The zero-order chi connectivity index (χ0) is 16.8. The maximum atomic E-state index is 10.6. The van der Waals surface area contributed by atoms with Crippen LogP contribution in [0.4, 0.5) is 0 Å². The molecule has 1 aromatic heterocycles. The molecule has 1 aromatic carbocycles. The zero-order valence-electron chi connectivity index (χ0n) is 12.2. The number of aliphatic carboxylic acids is 1. The lowest BCUT2D eigenvalue weighted by Crippen LogP contribution is -2.32. The van der Waals surface area contributed by atoms with Crippen LogP contribution in [0.15, 0.2) is 54.8 Å². The number of nitrogens with two attached hydrogens (primary N) is 1. The van der Waals surface area contributed by atoms with Gasteiger partial charge in [0.15, 0.2) is 11.6 Å². The molecule has 23 heavy (non-hydrogen) atoms. The highest BCUT2D eigenvalue weighted by molar-refractivity contribution is 6.14. The fourth-order valence-corrected chi connectivity index (χ4v) is 2.06. The number of rotatable bonds is 3. The van der Waals surface area contributed by atoms with Crippen molar-refractivity contribution in [1.29, 1.82) is 0 Å². The molecule has 6 nitrogen and oxygen atoms in total. The quantitative estimate of drug-likeness (QED) is 0.741. The van der Waals surface area contributed by atoms with Gasteiger partial charge in [0.25, 0.3) is 0 Å². The van der Waals surface area contributed by atoms with Crippen LogP contribution in [-0.4, -0.2) is 33.7 Å². The van der Waals surface area contributed by atoms with Crippen molar-refractivity contribution in [3.05, 3.63) is 60.3 Å². The smallest absolute Gasteiger partial charge is 0.320 e. The molecule has 0 amide bonds. The van der Waals surface area contributed by atoms with Crippen LogP contribution in [0.5, 0.6) is 0 Å². The first-order valence-electron chi connectivity index (χ1n) is 6.95. The van der Waals surface area contributed by atoms with E-state index in [1.54, 1.807) is 0 Å². The van der Waals surface area contributed by atoms with E-state index in [1.165, 1.54) is 24.3 Å². The maximum absolute atomic E-state index is 10.6. The molecule has 1 atom stereocenters. The normalized spacial score (nSPS) is 14.5. The summed E-state index contributed by atoms with van der Waals surface area (Å²) in [4.78, 5) is 34.3. The maximum Gasteiger partial charge on any atom is 0.320 e. The molecule has 1 heterocycles. The van der Waals surface area contributed by atoms with E-state index in [-0.39, 0.29) is 11.6 Å². The van der Waals surface area contributed by atoms with E-state index in [4.69, 9.17) is 10.8 Å². The number of hydrogen-bond donors (Lipinski definition) is 3. The Morgan fingerprint density at radius 1 is 1.09 bits per heavy atom. The van der Waals surface area contributed by atoms with Crippen molar-refractivity contribution in [3.8, 4) is 0 Å².